The van der Waals surface area contributed by atoms with E-state index in [1.54, 1.807) is 17.5 Å². The minimum atomic E-state index is -0.583. The van der Waals surface area contributed by atoms with Gasteiger partial charge in [0.1, 0.15) is 0 Å². The van der Waals surface area contributed by atoms with Crippen molar-refractivity contribution in [3.63, 3.8) is 0 Å². The Labute approximate surface area is 210 Å². The highest BCUT2D eigenvalue weighted by Gasteiger charge is 2.31. The molecular formula is C29H30N2O3S. The molecule has 35 heavy (non-hydrogen) atoms. The van der Waals surface area contributed by atoms with E-state index >= 15 is 0 Å². The van der Waals surface area contributed by atoms with Gasteiger partial charge in [0.25, 0.3) is 0 Å². The fourth-order valence-corrected chi connectivity index (χ4v) is 5.37. The van der Waals surface area contributed by atoms with Gasteiger partial charge in [0, 0.05) is 12.6 Å². The molecule has 4 rings (SSSR count). The second-order valence-corrected chi connectivity index (χ2v) is 10.5. The number of esters is 1. The number of nitrogens with two attached hydrogens (primary N) is 1. The molecule has 1 unspecified atom stereocenters. The van der Waals surface area contributed by atoms with Gasteiger partial charge in [-0.2, -0.15) is 0 Å². The van der Waals surface area contributed by atoms with E-state index in [0.29, 0.717) is 12.8 Å². The van der Waals surface area contributed by atoms with Gasteiger partial charge >= 0.3 is 5.97 Å². The number of rotatable bonds is 7. The van der Waals surface area contributed by atoms with E-state index in [4.69, 9.17) is 10.5 Å². The Hall–Kier alpha value is -3.51. The number of hydrogen-bond donors (Lipinski definition) is 1. The fourth-order valence-electron chi connectivity index (χ4n) is 4.40. The smallest absolute Gasteiger partial charge is 0.311 e. The van der Waals surface area contributed by atoms with Gasteiger partial charge in [-0.3, -0.25) is 9.59 Å². The van der Waals surface area contributed by atoms with Crippen LogP contribution in [0.3, 0.4) is 0 Å². The summed E-state index contributed by atoms with van der Waals surface area (Å²) in [6.07, 6.45) is 16.1. The van der Waals surface area contributed by atoms with E-state index < -0.39 is 11.3 Å². The van der Waals surface area contributed by atoms with Crippen molar-refractivity contribution in [2.75, 3.05) is 7.11 Å². The van der Waals surface area contributed by atoms with Crippen molar-refractivity contribution in [2.24, 2.45) is 17.1 Å². The minimum absolute atomic E-state index is 0.232. The van der Waals surface area contributed by atoms with Gasteiger partial charge in [-0.05, 0) is 54.5 Å². The van der Waals surface area contributed by atoms with Crippen LogP contribution in [-0.4, -0.2) is 24.0 Å². The van der Waals surface area contributed by atoms with Crippen molar-refractivity contribution >= 4 is 34.4 Å². The zero-order valence-corrected chi connectivity index (χ0v) is 21.1. The van der Waals surface area contributed by atoms with Crippen LogP contribution >= 0.6 is 11.3 Å². The molecule has 180 valence electrons. The summed E-state index contributed by atoms with van der Waals surface area (Å²) in [6, 6.07) is 10.3. The van der Waals surface area contributed by atoms with E-state index in [1.165, 1.54) is 18.2 Å². The van der Waals surface area contributed by atoms with Gasteiger partial charge in [-0.1, -0.05) is 66.8 Å². The Balaban J connectivity index is 1.55. The monoisotopic (exact) mass is 486 g/mol. The van der Waals surface area contributed by atoms with Gasteiger partial charge in [-0.25, -0.2) is 4.98 Å². The molecular weight excluding hydrogens is 456 g/mol. The summed E-state index contributed by atoms with van der Waals surface area (Å²) < 4.78 is 4.91. The zero-order chi connectivity index (χ0) is 25.0. The summed E-state index contributed by atoms with van der Waals surface area (Å²) in [5, 5.41) is 0.915. The highest BCUT2D eigenvalue weighted by Crippen LogP contribution is 2.39. The summed E-state index contributed by atoms with van der Waals surface area (Å²) in [6.45, 7) is 3.75. The third-order valence-corrected chi connectivity index (χ3v) is 7.59. The van der Waals surface area contributed by atoms with E-state index in [-0.39, 0.29) is 11.9 Å². The van der Waals surface area contributed by atoms with Crippen LogP contribution in [0.2, 0.25) is 0 Å². The Morgan fingerprint density at radius 3 is 2.60 bits per heavy atom. The first-order chi connectivity index (χ1) is 16.8. The van der Waals surface area contributed by atoms with E-state index in [0.717, 1.165) is 33.0 Å². The van der Waals surface area contributed by atoms with Crippen LogP contribution in [-0.2, 0) is 20.7 Å². The number of primary amides is 1. The third-order valence-electron chi connectivity index (χ3n) is 6.48. The van der Waals surface area contributed by atoms with Crippen molar-refractivity contribution < 1.29 is 14.3 Å². The molecule has 1 atom stereocenters. The topological polar surface area (TPSA) is 82.3 Å². The SMILES string of the molecule is COC(=O)C(C)(C)CCc1ncc(C2=CC=CC(=C3C=CC(c4ccccc4)=CC3)C2C(N)=O)s1. The van der Waals surface area contributed by atoms with Crippen molar-refractivity contribution in [1.82, 2.24) is 4.98 Å². The Bertz CT molecular complexity index is 1280. The summed E-state index contributed by atoms with van der Waals surface area (Å²) in [7, 11) is 1.41. The van der Waals surface area contributed by atoms with E-state index in [9.17, 15) is 9.59 Å². The second-order valence-electron chi connectivity index (χ2n) is 9.35. The summed E-state index contributed by atoms with van der Waals surface area (Å²) in [4.78, 5) is 30.1. The molecule has 1 heterocycles. The number of nitrogens with zero attached hydrogens (tertiary/aromatic N) is 1. The number of hydrogen-bond acceptors (Lipinski definition) is 5. The first-order valence-corrected chi connectivity index (χ1v) is 12.5. The molecule has 6 heteroatoms. The molecule has 2 N–H and O–H groups in total. The lowest BCUT2D eigenvalue weighted by Crippen LogP contribution is -2.27. The average molecular weight is 487 g/mol. The number of aromatic nitrogens is 1. The normalized spacial score (nSPS) is 19.8. The molecule has 0 saturated carbocycles. The van der Waals surface area contributed by atoms with Crippen LogP contribution in [0.1, 0.15) is 42.1 Å². The molecule has 0 saturated heterocycles. The van der Waals surface area contributed by atoms with Crippen molar-refractivity contribution in [3.05, 3.63) is 99.6 Å². The lowest BCUT2D eigenvalue weighted by molar-refractivity contribution is -0.151. The highest BCUT2D eigenvalue weighted by molar-refractivity contribution is 7.12. The fraction of sp³-hybridized carbons (Fsp3) is 0.276. The lowest BCUT2D eigenvalue weighted by atomic mass is 9.81. The molecule has 2 aliphatic carbocycles. The molecule has 0 fully saturated rings. The molecule has 1 amide bonds. The maximum absolute atomic E-state index is 12.7. The summed E-state index contributed by atoms with van der Waals surface area (Å²) >= 11 is 1.54. The van der Waals surface area contributed by atoms with Gasteiger partial charge in [0.05, 0.1) is 28.3 Å². The number of amides is 1. The number of carbonyl (C=O) groups is 2. The first kappa shape index (κ1) is 24.6. The van der Waals surface area contributed by atoms with Crippen LogP contribution in [0.4, 0.5) is 0 Å². The van der Waals surface area contributed by atoms with Gasteiger partial charge in [0.2, 0.25) is 5.91 Å². The number of carbonyl (C=O) groups excluding carboxylic acids is 2. The number of aryl methyl sites for hydroxylation is 1. The quantitative estimate of drug-likeness (QED) is 0.511. The number of methoxy groups -OCH3 is 1. The van der Waals surface area contributed by atoms with Gasteiger partial charge in [0.15, 0.2) is 0 Å². The van der Waals surface area contributed by atoms with Gasteiger partial charge in [-0.15, -0.1) is 11.3 Å². The lowest BCUT2D eigenvalue weighted by Gasteiger charge is -2.24. The second kappa shape index (κ2) is 10.4. The number of allylic oxidation sites excluding steroid dienone is 8. The predicted molar refractivity (Wildman–Crippen MR) is 141 cm³/mol. The number of thiazole rings is 1. The van der Waals surface area contributed by atoms with Crippen molar-refractivity contribution in [2.45, 2.75) is 33.1 Å². The molecule has 1 aromatic carbocycles. The van der Waals surface area contributed by atoms with E-state index in [2.05, 4.69) is 35.3 Å². The van der Waals surface area contributed by atoms with Crippen LogP contribution < -0.4 is 5.73 Å². The number of ether oxygens (including phenoxy) is 1. The average Bonchev–Trinajstić information content (AvgIpc) is 3.36. The Morgan fingerprint density at radius 1 is 1.17 bits per heavy atom. The molecule has 0 spiro atoms. The molecule has 0 aliphatic heterocycles. The maximum Gasteiger partial charge on any atom is 0.311 e. The maximum atomic E-state index is 12.7. The predicted octanol–water partition coefficient (Wildman–Crippen LogP) is 5.67. The summed E-state index contributed by atoms with van der Waals surface area (Å²) in [5.74, 6) is -1.15. The standard InChI is InChI=1S/C29H30N2O3S/c1-29(2,28(33)34-3)17-16-25-31-18-24(35-25)23-11-7-10-22(26(23)27(30)32)21-14-12-20(13-15-21)19-8-5-4-6-9-19/h4-14,18,26H,15-17H2,1-3H3,(H2,30,32). The van der Waals surface area contributed by atoms with Crippen molar-refractivity contribution in [1.29, 1.82) is 0 Å². The largest absolute Gasteiger partial charge is 0.469 e. The molecule has 1 aromatic heterocycles. The highest BCUT2D eigenvalue weighted by atomic mass is 32.1. The minimum Gasteiger partial charge on any atom is -0.469 e. The van der Waals surface area contributed by atoms with E-state index in [1.807, 2.05) is 50.3 Å². The Morgan fingerprint density at radius 2 is 1.94 bits per heavy atom. The van der Waals surface area contributed by atoms with Gasteiger partial charge < -0.3 is 10.5 Å². The summed E-state index contributed by atoms with van der Waals surface area (Å²) in [5.41, 5.74) is 10.6. The molecule has 5 nitrogen and oxygen atoms in total. The molecule has 2 aliphatic rings. The van der Waals surface area contributed by atoms with Crippen molar-refractivity contribution in [3.8, 4) is 0 Å². The van der Waals surface area contributed by atoms with Crippen LogP contribution in [0, 0.1) is 11.3 Å². The zero-order valence-electron chi connectivity index (χ0n) is 20.3. The van der Waals surface area contributed by atoms with Crippen LogP contribution in [0.15, 0.2) is 84.1 Å². The third kappa shape index (κ3) is 5.43. The molecule has 0 bridgehead atoms. The number of benzene rings is 1. The Kier molecular flexibility index (Phi) is 7.31. The molecule has 2 aromatic rings. The molecule has 0 radical (unpaired) electrons. The first-order valence-electron chi connectivity index (χ1n) is 11.7. The van der Waals surface area contributed by atoms with Crippen LogP contribution in [0.5, 0.6) is 0 Å². The van der Waals surface area contributed by atoms with Crippen LogP contribution in [0.25, 0.3) is 11.1 Å².